The Bertz CT molecular complexity index is 759. The van der Waals surface area contributed by atoms with E-state index in [-0.39, 0.29) is 12.0 Å². The lowest BCUT2D eigenvalue weighted by atomic mass is 9.82. The van der Waals surface area contributed by atoms with E-state index >= 15 is 0 Å². The number of hydrogen-bond acceptors (Lipinski definition) is 1. The van der Waals surface area contributed by atoms with Gasteiger partial charge in [0.15, 0.2) is 11.6 Å². The smallest absolute Gasteiger partial charge is 0.166 e. The van der Waals surface area contributed by atoms with Crippen LogP contribution in [0.5, 0.6) is 0 Å². The highest BCUT2D eigenvalue weighted by Gasteiger charge is 2.26. The molecule has 1 fully saturated rings. The largest absolute Gasteiger partial charge is 0.379 e. The first-order valence-electron chi connectivity index (χ1n) is 9.93. The summed E-state index contributed by atoms with van der Waals surface area (Å²) in [6.07, 6.45) is 7.46. The molecule has 2 aromatic rings. The Morgan fingerprint density at radius 2 is 1.70 bits per heavy atom. The molecule has 3 rings (SSSR count). The second-order valence-corrected chi connectivity index (χ2v) is 7.28. The maximum Gasteiger partial charge on any atom is 0.166 e. The molecule has 144 valence electrons. The summed E-state index contributed by atoms with van der Waals surface area (Å²) in [6, 6.07) is 11.2. The molecule has 0 spiro atoms. The molecule has 1 saturated carbocycles. The summed E-state index contributed by atoms with van der Waals surface area (Å²) < 4.78 is 35.3. The zero-order valence-electron chi connectivity index (χ0n) is 16.0. The van der Waals surface area contributed by atoms with Crippen LogP contribution in [0.25, 0.3) is 11.1 Å². The molecular formula is C24H28F2O. The van der Waals surface area contributed by atoms with Crippen molar-refractivity contribution in [2.75, 3.05) is 6.61 Å². The van der Waals surface area contributed by atoms with Crippen LogP contribution in [0.2, 0.25) is 0 Å². The molecule has 0 amide bonds. The van der Waals surface area contributed by atoms with Crippen LogP contribution in [0.3, 0.4) is 0 Å². The molecule has 0 bridgehead atoms. The topological polar surface area (TPSA) is 9.23 Å². The first-order valence-corrected chi connectivity index (χ1v) is 9.93. The molecule has 1 aliphatic carbocycles. The van der Waals surface area contributed by atoms with Crippen molar-refractivity contribution in [3.05, 3.63) is 71.8 Å². The Kier molecular flexibility index (Phi) is 6.78. The van der Waals surface area contributed by atoms with Gasteiger partial charge in [-0.15, -0.1) is 6.58 Å². The normalized spacial score (nSPS) is 19.8. The lowest BCUT2D eigenvalue weighted by Crippen LogP contribution is -2.21. The van der Waals surface area contributed by atoms with Gasteiger partial charge in [0, 0.05) is 12.2 Å². The molecule has 0 saturated heterocycles. The fraction of sp³-hybridized carbons (Fsp3) is 0.417. The summed E-state index contributed by atoms with van der Waals surface area (Å²) in [6.45, 7) is 6.42. The van der Waals surface area contributed by atoms with Crippen LogP contribution < -0.4 is 0 Å². The minimum atomic E-state index is -0.738. The first-order chi connectivity index (χ1) is 13.1. The van der Waals surface area contributed by atoms with E-state index in [9.17, 15) is 8.78 Å². The summed E-state index contributed by atoms with van der Waals surface area (Å²) in [4.78, 5) is 0. The highest BCUT2D eigenvalue weighted by atomic mass is 19.2. The van der Waals surface area contributed by atoms with E-state index in [0.29, 0.717) is 23.3 Å². The van der Waals surface area contributed by atoms with Gasteiger partial charge >= 0.3 is 0 Å². The number of rotatable bonds is 7. The molecule has 1 aliphatic rings. The van der Waals surface area contributed by atoms with Crippen LogP contribution in [0.15, 0.2) is 49.1 Å². The first kappa shape index (κ1) is 19.8. The van der Waals surface area contributed by atoms with E-state index in [4.69, 9.17) is 4.74 Å². The monoisotopic (exact) mass is 370 g/mol. The summed E-state index contributed by atoms with van der Waals surface area (Å²) in [5.74, 6) is -1.35. The number of ether oxygens (including phenoxy) is 1. The number of aryl methyl sites for hydroxylation is 1. The fourth-order valence-corrected chi connectivity index (χ4v) is 4.00. The lowest BCUT2D eigenvalue weighted by molar-refractivity contribution is 0.0325. The van der Waals surface area contributed by atoms with Crippen molar-refractivity contribution in [3.8, 4) is 11.1 Å². The molecule has 0 heterocycles. The van der Waals surface area contributed by atoms with E-state index in [1.54, 1.807) is 12.1 Å². The van der Waals surface area contributed by atoms with Crippen molar-refractivity contribution in [2.45, 2.75) is 57.5 Å². The van der Waals surface area contributed by atoms with Crippen LogP contribution in [-0.4, -0.2) is 12.7 Å². The Hall–Kier alpha value is -2.00. The van der Waals surface area contributed by atoms with E-state index in [1.165, 1.54) is 5.56 Å². The zero-order valence-corrected chi connectivity index (χ0v) is 16.0. The van der Waals surface area contributed by atoms with Crippen molar-refractivity contribution < 1.29 is 13.5 Å². The summed E-state index contributed by atoms with van der Waals surface area (Å²) in [7, 11) is 0. The van der Waals surface area contributed by atoms with Gasteiger partial charge < -0.3 is 4.74 Å². The highest BCUT2D eigenvalue weighted by Crippen LogP contribution is 2.37. The van der Waals surface area contributed by atoms with Crippen LogP contribution >= 0.6 is 0 Å². The second kappa shape index (κ2) is 9.27. The molecule has 0 radical (unpaired) electrons. The Balaban J connectivity index is 1.76. The minimum absolute atomic E-state index is 0.0755. The highest BCUT2D eigenvalue weighted by molar-refractivity contribution is 5.65. The average Bonchev–Trinajstić information content (AvgIpc) is 2.70. The molecule has 0 unspecified atom stereocenters. The van der Waals surface area contributed by atoms with Crippen molar-refractivity contribution in [3.63, 3.8) is 0 Å². The van der Waals surface area contributed by atoms with Gasteiger partial charge in [0.2, 0.25) is 0 Å². The maximum atomic E-state index is 14.8. The Morgan fingerprint density at radius 1 is 1.00 bits per heavy atom. The van der Waals surface area contributed by atoms with Crippen molar-refractivity contribution in [1.29, 1.82) is 0 Å². The van der Waals surface area contributed by atoms with Gasteiger partial charge in [-0.1, -0.05) is 42.5 Å². The van der Waals surface area contributed by atoms with Gasteiger partial charge in [-0.2, -0.15) is 0 Å². The van der Waals surface area contributed by atoms with E-state index in [0.717, 1.165) is 38.5 Å². The average molecular weight is 370 g/mol. The third kappa shape index (κ3) is 4.65. The van der Waals surface area contributed by atoms with Crippen LogP contribution in [-0.2, 0) is 11.2 Å². The molecule has 2 aromatic carbocycles. The zero-order chi connectivity index (χ0) is 19.2. The standard InChI is InChI=1S/C24H28F2O/c1-3-5-6-17-7-9-18(10-8-17)21-15-16-22(24(26)23(21)25)19-11-13-20(14-12-19)27-4-2/h3,7-10,15-16,19-20H,1,4-6,11-14H2,2H3. The van der Waals surface area contributed by atoms with Gasteiger partial charge in [-0.05, 0) is 68.1 Å². The van der Waals surface area contributed by atoms with Crippen molar-refractivity contribution in [2.24, 2.45) is 0 Å². The van der Waals surface area contributed by atoms with Gasteiger partial charge in [0.05, 0.1) is 6.10 Å². The van der Waals surface area contributed by atoms with E-state index in [1.807, 2.05) is 37.3 Å². The predicted octanol–water partition coefficient (Wildman–Crippen LogP) is 6.81. The Labute approximate surface area is 161 Å². The molecule has 1 nitrogen and oxygen atoms in total. The molecule has 3 heteroatoms. The number of hydrogen-bond donors (Lipinski definition) is 0. The number of allylic oxidation sites excluding steroid dienone is 1. The predicted molar refractivity (Wildman–Crippen MR) is 107 cm³/mol. The van der Waals surface area contributed by atoms with Gasteiger partial charge in [0.1, 0.15) is 0 Å². The number of benzene rings is 2. The molecule has 0 N–H and O–H groups in total. The Morgan fingerprint density at radius 3 is 2.33 bits per heavy atom. The summed E-state index contributed by atoms with van der Waals surface area (Å²) in [5.41, 5.74) is 2.71. The van der Waals surface area contributed by atoms with Crippen LogP contribution in [0.4, 0.5) is 8.78 Å². The van der Waals surface area contributed by atoms with Crippen LogP contribution in [0, 0.1) is 11.6 Å². The van der Waals surface area contributed by atoms with E-state index in [2.05, 4.69) is 6.58 Å². The number of halogens is 2. The molecule has 27 heavy (non-hydrogen) atoms. The SMILES string of the molecule is C=CCCc1ccc(-c2ccc(C3CCC(OCC)CC3)c(F)c2F)cc1. The third-order valence-corrected chi connectivity index (χ3v) is 5.53. The second-order valence-electron chi connectivity index (χ2n) is 7.28. The summed E-state index contributed by atoms with van der Waals surface area (Å²) in [5, 5.41) is 0. The fourth-order valence-electron chi connectivity index (χ4n) is 4.00. The van der Waals surface area contributed by atoms with E-state index < -0.39 is 11.6 Å². The summed E-state index contributed by atoms with van der Waals surface area (Å²) >= 11 is 0. The third-order valence-electron chi connectivity index (χ3n) is 5.53. The maximum absolute atomic E-state index is 14.8. The molecule has 0 aromatic heterocycles. The molecular weight excluding hydrogens is 342 g/mol. The van der Waals surface area contributed by atoms with Crippen molar-refractivity contribution in [1.82, 2.24) is 0 Å². The quantitative estimate of drug-likeness (QED) is 0.486. The molecule has 0 aliphatic heterocycles. The van der Waals surface area contributed by atoms with Gasteiger partial charge in [-0.25, -0.2) is 8.78 Å². The molecule has 0 atom stereocenters. The van der Waals surface area contributed by atoms with Crippen LogP contribution in [0.1, 0.15) is 56.1 Å². The van der Waals surface area contributed by atoms with Crippen molar-refractivity contribution >= 4 is 0 Å². The van der Waals surface area contributed by atoms with Gasteiger partial charge in [0.25, 0.3) is 0 Å². The lowest BCUT2D eigenvalue weighted by Gasteiger charge is -2.29. The minimum Gasteiger partial charge on any atom is -0.379 e. The van der Waals surface area contributed by atoms with Gasteiger partial charge in [-0.3, -0.25) is 0 Å².